The molecular weight excluding hydrogens is 246 g/mol. The molecule has 1 aliphatic carbocycles. The lowest BCUT2D eigenvalue weighted by atomic mass is 9.95. The fourth-order valence-electron chi connectivity index (χ4n) is 3.71. The molecule has 20 heavy (non-hydrogen) atoms. The zero-order chi connectivity index (χ0) is 13.8. The van der Waals surface area contributed by atoms with Gasteiger partial charge in [0.1, 0.15) is 0 Å². The number of rotatable bonds is 3. The first-order valence-electron chi connectivity index (χ1n) is 8.23. The summed E-state index contributed by atoms with van der Waals surface area (Å²) in [5.74, 6) is 1.12. The first-order chi connectivity index (χ1) is 9.84. The summed E-state index contributed by atoms with van der Waals surface area (Å²) in [7, 11) is 0. The van der Waals surface area contributed by atoms with Gasteiger partial charge in [0.25, 0.3) is 0 Å². The zero-order valence-electron chi connectivity index (χ0n) is 12.3. The van der Waals surface area contributed by atoms with Crippen molar-refractivity contribution in [2.24, 2.45) is 5.92 Å². The fourth-order valence-corrected chi connectivity index (χ4v) is 3.71. The molecule has 0 bridgehead atoms. The third-order valence-electron chi connectivity index (χ3n) is 4.93. The Morgan fingerprint density at radius 1 is 1.10 bits per heavy atom. The molecule has 1 fully saturated rings. The van der Waals surface area contributed by atoms with Crippen LogP contribution >= 0.6 is 0 Å². The van der Waals surface area contributed by atoms with E-state index in [0.717, 1.165) is 37.4 Å². The summed E-state index contributed by atoms with van der Waals surface area (Å²) in [6, 6.07) is 8.34. The maximum atomic E-state index is 12.5. The average Bonchev–Trinajstić information content (AvgIpc) is 2.73. The van der Waals surface area contributed by atoms with E-state index in [1.807, 2.05) is 11.0 Å². The Morgan fingerprint density at radius 2 is 1.85 bits per heavy atom. The molecule has 0 spiro atoms. The van der Waals surface area contributed by atoms with Gasteiger partial charge < -0.3 is 4.90 Å². The Hall–Kier alpha value is -1.31. The molecule has 1 aromatic rings. The van der Waals surface area contributed by atoms with E-state index < -0.39 is 0 Å². The number of benzene rings is 1. The molecule has 2 aliphatic rings. The first-order valence-corrected chi connectivity index (χ1v) is 8.23. The maximum Gasteiger partial charge on any atom is 0.227 e. The van der Waals surface area contributed by atoms with Crippen molar-refractivity contribution in [2.75, 3.05) is 11.4 Å². The van der Waals surface area contributed by atoms with Gasteiger partial charge in [-0.3, -0.25) is 4.79 Å². The van der Waals surface area contributed by atoms with Crippen molar-refractivity contribution in [1.29, 1.82) is 0 Å². The quantitative estimate of drug-likeness (QED) is 0.749. The standard InChI is InChI=1S/C18H25NO/c20-18(12-11-15-7-3-1-2-4-8-15)19-14-13-16-9-5-6-10-17(16)19/h5-6,9-10,15H,1-4,7-8,11-14H2. The summed E-state index contributed by atoms with van der Waals surface area (Å²) < 4.78 is 0. The molecule has 1 amide bonds. The van der Waals surface area contributed by atoms with Gasteiger partial charge in [-0.25, -0.2) is 0 Å². The SMILES string of the molecule is O=C(CCC1CCCCCC1)N1CCc2ccccc21. The van der Waals surface area contributed by atoms with Crippen LogP contribution in [-0.2, 0) is 11.2 Å². The van der Waals surface area contributed by atoms with Gasteiger partial charge >= 0.3 is 0 Å². The molecule has 0 N–H and O–H groups in total. The van der Waals surface area contributed by atoms with Crippen LogP contribution in [0.3, 0.4) is 0 Å². The molecule has 3 rings (SSSR count). The van der Waals surface area contributed by atoms with E-state index in [2.05, 4.69) is 18.2 Å². The zero-order valence-corrected chi connectivity index (χ0v) is 12.3. The molecule has 0 atom stereocenters. The largest absolute Gasteiger partial charge is 0.312 e. The molecule has 2 heteroatoms. The molecular formula is C18H25NO. The third kappa shape index (κ3) is 3.05. The van der Waals surface area contributed by atoms with Gasteiger partial charge in [-0.1, -0.05) is 56.7 Å². The Bertz CT molecular complexity index is 460. The first kappa shape index (κ1) is 13.7. The Morgan fingerprint density at radius 3 is 2.65 bits per heavy atom. The molecule has 108 valence electrons. The lowest BCUT2D eigenvalue weighted by molar-refractivity contribution is -0.118. The van der Waals surface area contributed by atoms with Gasteiger partial charge in [-0.15, -0.1) is 0 Å². The molecule has 0 unspecified atom stereocenters. The van der Waals surface area contributed by atoms with Crippen LogP contribution in [0.2, 0.25) is 0 Å². The Balaban J connectivity index is 1.55. The van der Waals surface area contributed by atoms with Gasteiger partial charge in [-0.05, 0) is 30.4 Å². The van der Waals surface area contributed by atoms with Crippen molar-refractivity contribution in [1.82, 2.24) is 0 Å². The van der Waals surface area contributed by atoms with Crippen molar-refractivity contribution in [3.8, 4) is 0 Å². The van der Waals surface area contributed by atoms with Crippen molar-refractivity contribution < 1.29 is 4.79 Å². The minimum Gasteiger partial charge on any atom is -0.312 e. The second-order valence-electron chi connectivity index (χ2n) is 6.32. The van der Waals surface area contributed by atoms with Gasteiger partial charge in [0.05, 0.1) is 0 Å². The molecule has 1 aromatic carbocycles. The predicted molar refractivity (Wildman–Crippen MR) is 82.9 cm³/mol. The van der Waals surface area contributed by atoms with Gasteiger partial charge in [-0.2, -0.15) is 0 Å². The molecule has 0 aromatic heterocycles. The number of carbonyl (C=O) groups is 1. The smallest absolute Gasteiger partial charge is 0.227 e. The number of hydrogen-bond donors (Lipinski definition) is 0. The summed E-state index contributed by atoms with van der Waals surface area (Å²) in [6.07, 6.45) is 11.0. The van der Waals surface area contributed by atoms with Crippen LogP contribution in [0, 0.1) is 5.92 Å². The van der Waals surface area contributed by atoms with Gasteiger partial charge in [0.2, 0.25) is 5.91 Å². The third-order valence-corrected chi connectivity index (χ3v) is 4.93. The van der Waals surface area contributed by atoms with Gasteiger partial charge in [0, 0.05) is 18.7 Å². The molecule has 1 heterocycles. The summed E-state index contributed by atoms with van der Waals surface area (Å²) in [5, 5.41) is 0. The summed E-state index contributed by atoms with van der Waals surface area (Å²) in [5.41, 5.74) is 2.48. The lowest BCUT2D eigenvalue weighted by Crippen LogP contribution is -2.29. The predicted octanol–water partition coefficient (Wildman–Crippen LogP) is 4.33. The van der Waals surface area contributed by atoms with Crippen molar-refractivity contribution in [3.05, 3.63) is 29.8 Å². The number of nitrogens with zero attached hydrogens (tertiary/aromatic N) is 1. The van der Waals surface area contributed by atoms with Crippen LogP contribution in [0.1, 0.15) is 56.9 Å². The van der Waals surface area contributed by atoms with Crippen LogP contribution in [-0.4, -0.2) is 12.5 Å². The minimum atomic E-state index is 0.333. The number of anilines is 1. The Labute approximate surface area is 122 Å². The highest BCUT2D eigenvalue weighted by molar-refractivity contribution is 5.95. The second-order valence-corrected chi connectivity index (χ2v) is 6.32. The number of carbonyl (C=O) groups excluding carboxylic acids is 1. The number of para-hydroxylation sites is 1. The number of hydrogen-bond acceptors (Lipinski definition) is 1. The topological polar surface area (TPSA) is 20.3 Å². The summed E-state index contributed by atoms with van der Waals surface area (Å²) >= 11 is 0. The van der Waals surface area contributed by atoms with E-state index in [1.165, 1.54) is 44.1 Å². The van der Waals surface area contributed by atoms with Crippen LogP contribution in [0.15, 0.2) is 24.3 Å². The van der Waals surface area contributed by atoms with E-state index in [0.29, 0.717) is 5.91 Å². The molecule has 0 saturated heterocycles. The van der Waals surface area contributed by atoms with Gasteiger partial charge in [0.15, 0.2) is 0 Å². The van der Waals surface area contributed by atoms with E-state index >= 15 is 0 Å². The second kappa shape index (κ2) is 6.43. The van der Waals surface area contributed by atoms with Crippen molar-refractivity contribution >= 4 is 11.6 Å². The summed E-state index contributed by atoms with van der Waals surface area (Å²) in [6.45, 7) is 0.878. The molecule has 1 saturated carbocycles. The highest BCUT2D eigenvalue weighted by atomic mass is 16.2. The minimum absolute atomic E-state index is 0.333. The monoisotopic (exact) mass is 271 g/mol. The Kier molecular flexibility index (Phi) is 4.39. The maximum absolute atomic E-state index is 12.5. The fraction of sp³-hybridized carbons (Fsp3) is 0.611. The molecule has 0 radical (unpaired) electrons. The van der Waals surface area contributed by atoms with E-state index in [4.69, 9.17) is 0 Å². The number of fused-ring (bicyclic) bond motifs is 1. The summed E-state index contributed by atoms with van der Waals surface area (Å²) in [4.78, 5) is 14.5. The van der Waals surface area contributed by atoms with E-state index in [-0.39, 0.29) is 0 Å². The molecule has 1 aliphatic heterocycles. The number of amides is 1. The highest BCUT2D eigenvalue weighted by Gasteiger charge is 2.24. The normalized spacial score (nSPS) is 19.7. The van der Waals surface area contributed by atoms with Crippen molar-refractivity contribution in [2.45, 2.75) is 57.8 Å². The van der Waals surface area contributed by atoms with Crippen LogP contribution in [0.5, 0.6) is 0 Å². The van der Waals surface area contributed by atoms with Crippen molar-refractivity contribution in [3.63, 3.8) is 0 Å². The van der Waals surface area contributed by atoms with Crippen LogP contribution in [0.25, 0.3) is 0 Å². The van der Waals surface area contributed by atoms with E-state index in [1.54, 1.807) is 0 Å². The molecule has 2 nitrogen and oxygen atoms in total. The lowest BCUT2D eigenvalue weighted by Gasteiger charge is -2.19. The highest BCUT2D eigenvalue weighted by Crippen LogP contribution is 2.30. The van der Waals surface area contributed by atoms with E-state index in [9.17, 15) is 4.79 Å². The van der Waals surface area contributed by atoms with Crippen LogP contribution < -0.4 is 4.90 Å². The average molecular weight is 271 g/mol. The van der Waals surface area contributed by atoms with Crippen LogP contribution in [0.4, 0.5) is 5.69 Å².